The molecule has 24 heavy (non-hydrogen) atoms. The number of benzene rings is 1. The van der Waals surface area contributed by atoms with Crippen LogP contribution in [-0.2, 0) is 9.53 Å². The number of morpholine rings is 1. The number of hydrogen-bond donors (Lipinski definition) is 1. The van der Waals surface area contributed by atoms with Gasteiger partial charge >= 0.3 is 0 Å². The molecular formula is C19H29FN2O2. The van der Waals surface area contributed by atoms with E-state index in [1.807, 2.05) is 18.7 Å². The minimum absolute atomic E-state index is 0.0586. The van der Waals surface area contributed by atoms with Crippen molar-refractivity contribution in [2.75, 3.05) is 23.3 Å². The molecule has 2 rings (SSSR count). The molecule has 1 amide bonds. The molecule has 3 unspecified atom stereocenters. The Morgan fingerprint density at radius 2 is 2.04 bits per heavy atom. The quantitative estimate of drug-likeness (QED) is 0.846. The van der Waals surface area contributed by atoms with Crippen LogP contribution in [0, 0.1) is 11.7 Å². The standard InChI is InChI=1S/C19H29FN2O2/c1-5-6-13(2)9-19(23)21-16-7-8-18(17(20)10-16)22-11-14(3)24-15(4)12-22/h7-8,10,13-15H,5-6,9,11-12H2,1-4H3,(H,21,23). The summed E-state index contributed by atoms with van der Waals surface area (Å²) in [6.07, 6.45) is 2.71. The summed E-state index contributed by atoms with van der Waals surface area (Å²) in [5, 5.41) is 2.80. The van der Waals surface area contributed by atoms with Gasteiger partial charge in [-0.3, -0.25) is 4.79 Å². The summed E-state index contributed by atoms with van der Waals surface area (Å²) in [7, 11) is 0. The number of ether oxygens (including phenoxy) is 1. The molecule has 0 aliphatic carbocycles. The van der Waals surface area contributed by atoms with Gasteiger partial charge in [-0.05, 0) is 38.0 Å². The van der Waals surface area contributed by atoms with Gasteiger partial charge in [-0.1, -0.05) is 26.7 Å². The van der Waals surface area contributed by atoms with Crippen LogP contribution in [0.25, 0.3) is 0 Å². The van der Waals surface area contributed by atoms with Gasteiger partial charge in [0.15, 0.2) is 0 Å². The van der Waals surface area contributed by atoms with Crippen LogP contribution in [0.2, 0.25) is 0 Å². The van der Waals surface area contributed by atoms with Crippen LogP contribution in [0.1, 0.15) is 47.0 Å². The number of carbonyl (C=O) groups is 1. The fraction of sp³-hybridized carbons (Fsp3) is 0.632. The zero-order valence-electron chi connectivity index (χ0n) is 15.1. The first-order chi connectivity index (χ1) is 11.4. The third-order valence-electron chi connectivity index (χ3n) is 4.31. The number of carbonyl (C=O) groups excluding carboxylic acids is 1. The smallest absolute Gasteiger partial charge is 0.224 e. The summed E-state index contributed by atoms with van der Waals surface area (Å²) >= 11 is 0. The lowest BCUT2D eigenvalue weighted by molar-refractivity contribution is -0.117. The number of anilines is 2. The largest absolute Gasteiger partial charge is 0.372 e. The zero-order valence-corrected chi connectivity index (χ0v) is 15.1. The molecule has 1 fully saturated rings. The summed E-state index contributed by atoms with van der Waals surface area (Å²) in [5.74, 6) is -0.0251. The second-order valence-corrected chi connectivity index (χ2v) is 6.97. The fourth-order valence-corrected chi connectivity index (χ4v) is 3.34. The van der Waals surface area contributed by atoms with E-state index in [-0.39, 0.29) is 23.9 Å². The van der Waals surface area contributed by atoms with Gasteiger partial charge in [0.1, 0.15) is 5.82 Å². The molecule has 5 heteroatoms. The normalized spacial score (nSPS) is 22.3. The molecular weight excluding hydrogens is 307 g/mol. The van der Waals surface area contributed by atoms with E-state index in [1.54, 1.807) is 12.1 Å². The first kappa shape index (κ1) is 18.7. The average Bonchev–Trinajstić information content (AvgIpc) is 2.46. The van der Waals surface area contributed by atoms with Crippen LogP contribution in [-0.4, -0.2) is 31.2 Å². The van der Waals surface area contributed by atoms with E-state index in [1.165, 1.54) is 6.07 Å². The molecule has 4 nitrogen and oxygen atoms in total. The third-order valence-corrected chi connectivity index (χ3v) is 4.31. The molecule has 0 spiro atoms. The number of nitrogens with one attached hydrogen (secondary N) is 1. The Hall–Kier alpha value is -1.62. The zero-order chi connectivity index (χ0) is 17.7. The Morgan fingerprint density at radius 3 is 2.62 bits per heavy atom. The van der Waals surface area contributed by atoms with E-state index < -0.39 is 0 Å². The Morgan fingerprint density at radius 1 is 1.38 bits per heavy atom. The summed E-state index contributed by atoms with van der Waals surface area (Å²) in [6, 6.07) is 4.92. The predicted octanol–water partition coefficient (Wildman–Crippen LogP) is 4.20. The van der Waals surface area contributed by atoms with E-state index in [0.717, 1.165) is 12.8 Å². The van der Waals surface area contributed by atoms with Gasteiger partial charge in [0.2, 0.25) is 5.91 Å². The van der Waals surface area contributed by atoms with Crippen molar-refractivity contribution in [1.29, 1.82) is 0 Å². The second kappa shape index (κ2) is 8.47. The summed E-state index contributed by atoms with van der Waals surface area (Å²) < 4.78 is 20.2. The molecule has 1 aliphatic rings. The number of hydrogen-bond acceptors (Lipinski definition) is 3. The minimum Gasteiger partial charge on any atom is -0.372 e. The van der Waals surface area contributed by atoms with Crippen molar-refractivity contribution in [1.82, 2.24) is 0 Å². The average molecular weight is 336 g/mol. The van der Waals surface area contributed by atoms with Gasteiger partial charge in [-0.2, -0.15) is 0 Å². The molecule has 1 aliphatic heterocycles. The highest BCUT2D eigenvalue weighted by Crippen LogP contribution is 2.26. The lowest BCUT2D eigenvalue weighted by Gasteiger charge is -2.37. The van der Waals surface area contributed by atoms with E-state index in [0.29, 0.717) is 36.8 Å². The predicted molar refractivity (Wildman–Crippen MR) is 95.9 cm³/mol. The number of halogens is 1. The molecule has 1 heterocycles. The van der Waals surface area contributed by atoms with Crippen molar-refractivity contribution in [3.8, 4) is 0 Å². The van der Waals surface area contributed by atoms with E-state index in [2.05, 4.69) is 19.2 Å². The van der Waals surface area contributed by atoms with Crippen LogP contribution in [0.15, 0.2) is 18.2 Å². The summed E-state index contributed by atoms with van der Waals surface area (Å²) in [5.41, 5.74) is 1.08. The molecule has 3 atom stereocenters. The Kier molecular flexibility index (Phi) is 6.60. The first-order valence-corrected chi connectivity index (χ1v) is 8.88. The van der Waals surface area contributed by atoms with Gasteiger partial charge in [0.05, 0.1) is 17.9 Å². The molecule has 0 saturated carbocycles. The molecule has 0 bridgehead atoms. The highest BCUT2D eigenvalue weighted by Gasteiger charge is 2.24. The number of amides is 1. The number of rotatable bonds is 6. The topological polar surface area (TPSA) is 41.6 Å². The Balaban J connectivity index is 2.00. The number of nitrogens with zero attached hydrogens (tertiary/aromatic N) is 1. The van der Waals surface area contributed by atoms with Crippen molar-refractivity contribution in [2.24, 2.45) is 5.92 Å². The van der Waals surface area contributed by atoms with Gasteiger partial charge in [0, 0.05) is 25.2 Å². The molecule has 0 aromatic heterocycles. The first-order valence-electron chi connectivity index (χ1n) is 8.88. The van der Waals surface area contributed by atoms with Crippen molar-refractivity contribution in [3.63, 3.8) is 0 Å². The summed E-state index contributed by atoms with van der Waals surface area (Å²) in [6.45, 7) is 9.49. The van der Waals surface area contributed by atoms with Crippen LogP contribution in [0.5, 0.6) is 0 Å². The molecule has 1 aromatic rings. The van der Waals surface area contributed by atoms with Crippen LogP contribution >= 0.6 is 0 Å². The monoisotopic (exact) mass is 336 g/mol. The van der Waals surface area contributed by atoms with Crippen LogP contribution in [0.4, 0.5) is 15.8 Å². The van der Waals surface area contributed by atoms with Gasteiger partial charge in [-0.25, -0.2) is 4.39 Å². The Labute approximate surface area is 144 Å². The van der Waals surface area contributed by atoms with Crippen LogP contribution < -0.4 is 10.2 Å². The molecule has 1 aromatic carbocycles. The van der Waals surface area contributed by atoms with Gasteiger partial charge < -0.3 is 15.0 Å². The minimum atomic E-state index is -0.310. The van der Waals surface area contributed by atoms with E-state index >= 15 is 0 Å². The SMILES string of the molecule is CCCC(C)CC(=O)Nc1ccc(N2CC(C)OC(C)C2)c(F)c1. The maximum atomic E-state index is 14.5. The third kappa shape index (κ3) is 5.20. The van der Waals surface area contributed by atoms with Crippen molar-refractivity contribution in [3.05, 3.63) is 24.0 Å². The molecule has 134 valence electrons. The molecule has 1 N–H and O–H groups in total. The van der Waals surface area contributed by atoms with Crippen molar-refractivity contribution >= 4 is 17.3 Å². The van der Waals surface area contributed by atoms with Gasteiger partial charge in [-0.15, -0.1) is 0 Å². The lowest BCUT2D eigenvalue weighted by Crippen LogP contribution is -2.45. The maximum absolute atomic E-state index is 14.5. The second-order valence-electron chi connectivity index (χ2n) is 6.97. The van der Waals surface area contributed by atoms with Crippen molar-refractivity contribution < 1.29 is 13.9 Å². The highest BCUT2D eigenvalue weighted by atomic mass is 19.1. The maximum Gasteiger partial charge on any atom is 0.224 e. The lowest BCUT2D eigenvalue weighted by atomic mass is 10.0. The van der Waals surface area contributed by atoms with Crippen LogP contribution in [0.3, 0.4) is 0 Å². The molecule has 1 saturated heterocycles. The Bertz CT molecular complexity index is 554. The molecule has 0 radical (unpaired) electrons. The summed E-state index contributed by atoms with van der Waals surface area (Å²) in [4.78, 5) is 14.0. The van der Waals surface area contributed by atoms with E-state index in [9.17, 15) is 9.18 Å². The van der Waals surface area contributed by atoms with Gasteiger partial charge in [0.25, 0.3) is 0 Å². The van der Waals surface area contributed by atoms with E-state index in [4.69, 9.17) is 4.74 Å². The van der Waals surface area contributed by atoms with Crippen molar-refractivity contribution in [2.45, 2.75) is 59.2 Å². The highest BCUT2D eigenvalue weighted by molar-refractivity contribution is 5.91. The fourth-order valence-electron chi connectivity index (χ4n) is 3.34.